The van der Waals surface area contributed by atoms with Crippen LogP contribution >= 0.6 is 15.9 Å². The molecule has 35 heavy (non-hydrogen) atoms. The maximum Gasteiger partial charge on any atom is 0.253 e. The summed E-state index contributed by atoms with van der Waals surface area (Å²) in [6, 6.07) is 21.6. The normalized spacial score (nSPS) is 17.8. The predicted molar refractivity (Wildman–Crippen MR) is 136 cm³/mol. The van der Waals surface area contributed by atoms with Gasteiger partial charge in [-0.3, -0.25) is 4.79 Å². The van der Waals surface area contributed by atoms with Crippen molar-refractivity contribution in [3.8, 4) is 16.8 Å². The van der Waals surface area contributed by atoms with Gasteiger partial charge in [0.1, 0.15) is 17.6 Å². The van der Waals surface area contributed by atoms with Crippen LogP contribution in [0.1, 0.15) is 24.4 Å². The average molecular weight is 535 g/mol. The van der Waals surface area contributed by atoms with Gasteiger partial charge in [0.15, 0.2) is 6.23 Å². The first-order valence-corrected chi connectivity index (χ1v) is 12.1. The number of rotatable bonds is 6. The number of hydrogen-bond donors (Lipinski definition) is 1. The summed E-state index contributed by atoms with van der Waals surface area (Å²) in [7, 11) is 0. The first-order chi connectivity index (χ1) is 16.9. The molecule has 4 aromatic rings. The van der Waals surface area contributed by atoms with Gasteiger partial charge in [-0.2, -0.15) is 5.10 Å². The third-order valence-corrected chi connectivity index (χ3v) is 6.62. The molecular formula is C27H24BrFN4O2. The van der Waals surface area contributed by atoms with E-state index in [1.54, 1.807) is 28.6 Å². The zero-order valence-electron chi connectivity index (χ0n) is 19.1. The van der Waals surface area contributed by atoms with Gasteiger partial charge < -0.3 is 15.4 Å². The van der Waals surface area contributed by atoms with Crippen LogP contribution in [0.2, 0.25) is 0 Å². The highest BCUT2D eigenvalue weighted by molar-refractivity contribution is 9.10. The smallest absolute Gasteiger partial charge is 0.253 e. The lowest BCUT2D eigenvalue weighted by molar-refractivity contribution is -0.130. The number of carbonyl (C=O) groups excluding carboxylic acids is 1. The second-order valence-corrected chi connectivity index (χ2v) is 9.43. The van der Waals surface area contributed by atoms with E-state index < -0.39 is 12.3 Å². The Bertz CT molecular complexity index is 1340. The number of hydrogen-bond acceptors (Lipinski definition) is 4. The van der Waals surface area contributed by atoms with Crippen molar-refractivity contribution in [1.29, 1.82) is 0 Å². The van der Waals surface area contributed by atoms with E-state index in [1.807, 2.05) is 54.7 Å². The maximum atomic E-state index is 13.7. The number of anilines is 1. The zero-order chi connectivity index (χ0) is 24.5. The van der Waals surface area contributed by atoms with Gasteiger partial charge in [-0.05, 0) is 73.0 Å². The highest BCUT2D eigenvalue weighted by Gasteiger charge is 2.41. The van der Waals surface area contributed by atoms with Crippen molar-refractivity contribution in [2.75, 3.05) is 12.3 Å². The first-order valence-electron chi connectivity index (χ1n) is 11.3. The molecule has 0 bridgehead atoms. The van der Waals surface area contributed by atoms with Crippen LogP contribution in [0.4, 0.5) is 10.1 Å². The lowest BCUT2D eigenvalue weighted by Gasteiger charge is -2.23. The molecule has 2 atom stereocenters. The minimum atomic E-state index is -0.664. The summed E-state index contributed by atoms with van der Waals surface area (Å²) in [5.74, 6) is -0.407. The standard InChI is InChI=1S/C27H24BrFN4O2/c1-17-26(34)32(15-14-18-2-10-22(30)11-3-18)27(35-17)25-24(19-4-8-21(29)9-5-19)16-33(31-25)23-12-6-20(28)7-13-23/h2-13,16-17,27H,14-15,30H2,1H3/t17?,27-/m1/s1. The van der Waals surface area contributed by atoms with E-state index >= 15 is 0 Å². The van der Waals surface area contributed by atoms with E-state index in [0.717, 1.165) is 26.9 Å². The van der Waals surface area contributed by atoms with E-state index in [0.29, 0.717) is 24.3 Å². The van der Waals surface area contributed by atoms with Crippen LogP contribution in [0.25, 0.3) is 16.8 Å². The van der Waals surface area contributed by atoms with E-state index in [9.17, 15) is 9.18 Å². The van der Waals surface area contributed by atoms with E-state index in [-0.39, 0.29) is 11.7 Å². The molecule has 1 aliphatic heterocycles. The highest BCUT2D eigenvalue weighted by Crippen LogP contribution is 2.37. The topological polar surface area (TPSA) is 73.4 Å². The minimum Gasteiger partial charge on any atom is -0.399 e. The summed E-state index contributed by atoms with van der Waals surface area (Å²) < 4.78 is 22.5. The first kappa shape index (κ1) is 23.3. The number of nitrogens with two attached hydrogens (primary N) is 1. The van der Waals surface area contributed by atoms with Crippen molar-refractivity contribution in [3.05, 3.63) is 101 Å². The van der Waals surface area contributed by atoms with E-state index in [4.69, 9.17) is 15.6 Å². The molecular weight excluding hydrogens is 511 g/mol. The Morgan fingerprint density at radius 2 is 1.71 bits per heavy atom. The van der Waals surface area contributed by atoms with Gasteiger partial charge in [0, 0.05) is 28.5 Å². The Morgan fingerprint density at radius 3 is 2.40 bits per heavy atom. The Kier molecular flexibility index (Phi) is 6.40. The number of benzene rings is 3. The van der Waals surface area contributed by atoms with Gasteiger partial charge in [0.2, 0.25) is 0 Å². The van der Waals surface area contributed by atoms with Crippen LogP contribution < -0.4 is 5.73 Å². The Labute approximate surface area is 211 Å². The lowest BCUT2D eigenvalue weighted by atomic mass is 10.1. The summed E-state index contributed by atoms with van der Waals surface area (Å²) >= 11 is 3.46. The summed E-state index contributed by atoms with van der Waals surface area (Å²) in [6.07, 6.45) is 1.28. The van der Waals surface area contributed by atoms with E-state index in [2.05, 4.69) is 15.9 Å². The fourth-order valence-electron chi connectivity index (χ4n) is 4.20. The fourth-order valence-corrected chi connectivity index (χ4v) is 4.46. The number of amides is 1. The molecule has 3 aromatic carbocycles. The monoisotopic (exact) mass is 534 g/mol. The number of aromatic nitrogens is 2. The predicted octanol–water partition coefficient (Wildman–Crippen LogP) is 5.51. The van der Waals surface area contributed by atoms with Crippen molar-refractivity contribution in [1.82, 2.24) is 14.7 Å². The number of halogens is 2. The second kappa shape index (κ2) is 9.64. The number of nitrogens with zero attached hydrogens (tertiary/aromatic N) is 3. The van der Waals surface area contributed by atoms with Gasteiger partial charge in [-0.15, -0.1) is 0 Å². The van der Waals surface area contributed by atoms with Crippen molar-refractivity contribution < 1.29 is 13.9 Å². The van der Waals surface area contributed by atoms with Crippen molar-refractivity contribution in [2.24, 2.45) is 0 Å². The summed E-state index contributed by atoms with van der Waals surface area (Å²) in [5, 5.41) is 4.85. The lowest BCUT2D eigenvalue weighted by Crippen LogP contribution is -2.32. The van der Waals surface area contributed by atoms with Crippen LogP contribution in [0.5, 0.6) is 0 Å². The number of ether oxygens (including phenoxy) is 1. The quantitative estimate of drug-likeness (QED) is 0.331. The molecule has 5 rings (SSSR count). The molecule has 1 fully saturated rings. The third-order valence-electron chi connectivity index (χ3n) is 6.09. The van der Waals surface area contributed by atoms with Crippen LogP contribution in [-0.2, 0) is 16.0 Å². The van der Waals surface area contributed by atoms with Crippen molar-refractivity contribution >= 4 is 27.5 Å². The average Bonchev–Trinajstić information content (AvgIpc) is 3.41. The Hall–Kier alpha value is -3.49. The van der Waals surface area contributed by atoms with Gasteiger partial charge in [0.05, 0.1) is 5.69 Å². The van der Waals surface area contributed by atoms with Crippen LogP contribution in [0, 0.1) is 5.82 Å². The molecule has 178 valence electrons. The largest absolute Gasteiger partial charge is 0.399 e. The molecule has 2 N–H and O–H groups in total. The molecule has 1 aliphatic rings. The van der Waals surface area contributed by atoms with Crippen molar-refractivity contribution in [2.45, 2.75) is 25.7 Å². The van der Waals surface area contributed by atoms with Crippen LogP contribution in [0.3, 0.4) is 0 Å². The fraction of sp³-hybridized carbons (Fsp3) is 0.185. The van der Waals surface area contributed by atoms with Gasteiger partial charge >= 0.3 is 0 Å². The summed E-state index contributed by atoms with van der Waals surface area (Å²) in [5.41, 5.74) is 10.6. The molecule has 0 saturated carbocycles. The molecule has 2 heterocycles. The molecule has 8 heteroatoms. The van der Waals surface area contributed by atoms with Crippen LogP contribution in [-0.4, -0.2) is 33.2 Å². The minimum absolute atomic E-state index is 0.0892. The van der Waals surface area contributed by atoms with Gasteiger partial charge in [0.25, 0.3) is 5.91 Å². The van der Waals surface area contributed by atoms with Crippen LogP contribution in [0.15, 0.2) is 83.5 Å². The number of carbonyl (C=O) groups is 1. The molecule has 1 unspecified atom stereocenters. The second-order valence-electron chi connectivity index (χ2n) is 8.51. The SMILES string of the molecule is CC1O[C@H](c2nn(-c3ccc(Br)cc3)cc2-c2ccc(F)cc2)N(CCc2ccc(N)cc2)C1=O. The van der Waals surface area contributed by atoms with Gasteiger partial charge in [-0.25, -0.2) is 9.07 Å². The highest BCUT2D eigenvalue weighted by atomic mass is 79.9. The Balaban J connectivity index is 1.53. The zero-order valence-corrected chi connectivity index (χ0v) is 20.7. The number of nitrogen functional groups attached to an aromatic ring is 1. The molecule has 0 aliphatic carbocycles. The molecule has 6 nitrogen and oxygen atoms in total. The molecule has 0 spiro atoms. The van der Waals surface area contributed by atoms with Crippen molar-refractivity contribution in [3.63, 3.8) is 0 Å². The molecule has 1 saturated heterocycles. The van der Waals surface area contributed by atoms with E-state index in [1.165, 1.54) is 12.1 Å². The summed E-state index contributed by atoms with van der Waals surface area (Å²) in [4.78, 5) is 14.8. The maximum absolute atomic E-state index is 13.7. The third kappa shape index (κ3) is 4.85. The Morgan fingerprint density at radius 1 is 1.03 bits per heavy atom. The van der Waals surface area contributed by atoms with Gasteiger partial charge in [-0.1, -0.05) is 40.2 Å². The molecule has 0 radical (unpaired) electrons. The molecule has 1 aromatic heterocycles. The summed E-state index contributed by atoms with van der Waals surface area (Å²) in [6.45, 7) is 2.22. The molecule has 1 amide bonds.